The van der Waals surface area contributed by atoms with Crippen molar-refractivity contribution in [2.24, 2.45) is 5.92 Å². The molecule has 4 rings (SSSR count). The zero-order valence-electron chi connectivity index (χ0n) is 18.4. The van der Waals surface area contributed by atoms with Gasteiger partial charge >= 0.3 is 5.97 Å². The van der Waals surface area contributed by atoms with E-state index in [4.69, 9.17) is 5.11 Å². The average molecular weight is 443 g/mol. The summed E-state index contributed by atoms with van der Waals surface area (Å²) in [6, 6.07) is 9.08. The first-order valence-electron chi connectivity index (χ1n) is 11.1. The highest BCUT2D eigenvalue weighted by Crippen LogP contribution is 2.33. The molecule has 3 fully saturated rings. The van der Waals surface area contributed by atoms with Gasteiger partial charge in [-0.05, 0) is 32.0 Å². The summed E-state index contributed by atoms with van der Waals surface area (Å²) in [5, 5.41) is 9.09. The van der Waals surface area contributed by atoms with Crippen LogP contribution in [0.2, 0.25) is 0 Å². The minimum atomic E-state index is -1.01. The van der Waals surface area contributed by atoms with Crippen molar-refractivity contribution in [1.82, 2.24) is 19.6 Å². The molecule has 3 saturated heterocycles. The molecule has 172 valence electrons. The van der Waals surface area contributed by atoms with Crippen molar-refractivity contribution in [3.05, 3.63) is 35.9 Å². The Morgan fingerprint density at radius 1 is 1.03 bits per heavy atom. The number of amides is 3. The zero-order chi connectivity index (χ0) is 22.9. The van der Waals surface area contributed by atoms with E-state index in [0.717, 1.165) is 0 Å². The van der Waals surface area contributed by atoms with E-state index in [1.807, 2.05) is 30.1 Å². The molecular weight excluding hydrogens is 412 g/mol. The van der Waals surface area contributed by atoms with Crippen molar-refractivity contribution in [3.8, 4) is 0 Å². The molecule has 3 amide bonds. The summed E-state index contributed by atoms with van der Waals surface area (Å²) < 4.78 is 0. The van der Waals surface area contributed by atoms with Crippen LogP contribution in [0.15, 0.2) is 30.3 Å². The van der Waals surface area contributed by atoms with Gasteiger partial charge < -0.3 is 19.8 Å². The molecule has 0 aromatic heterocycles. The lowest BCUT2D eigenvalue weighted by molar-refractivity contribution is -0.145. The van der Waals surface area contributed by atoms with Crippen LogP contribution in [0.3, 0.4) is 0 Å². The molecule has 0 bridgehead atoms. The number of likely N-dealkylation sites (tertiary alicyclic amines) is 2. The molecule has 1 spiro atoms. The summed E-state index contributed by atoms with van der Waals surface area (Å²) in [5.74, 6) is -1.34. The summed E-state index contributed by atoms with van der Waals surface area (Å²) >= 11 is 0. The third-order valence-electron chi connectivity index (χ3n) is 7.18. The van der Waals surface area contributed by atoms with Gasteiger partial charge in [0.2, 0.25) is 11.8 Å². The summed E-state index contributed by atoms with van der Waals surface area (Å²) in [6.45, 7) is 2.80. The fourth-order valence-electron chi connectivity index (χ4n) is 5.03. The Bertz CT molecular complexity index is 901. The molecular formula is C23H30N4O5. The van der Waals surface area contributed by atoms with Crippen molar-refractivity contribution >= 4 is 23.7 Å². The number of carbonyl (C=O) groups is 4. The highest BCUT2D eigenvalue weighted by Gasteiger charge is 2.46. The molecule has 3 heterocycles. The van der Waals surface area contributed by atoms with Crippen LogP contribution in [0.1, 0.15) is 29.6 Å². The van der Waals surface area contributed by atoms with Crippen molar-refractivity contribution in [2.75, 3.05) is 52.9 Å². The van der Waals surface area contributed by atoms with Gasteiger partial charge in [0.05, 0.1) is 5.92 Å². The number of carbonyl (C=O) groups excluding carboxylic acids is 3. The fraction of sp³-hybridized carbons (Fsp3) is 0.565. The van der Waals surface area contributed by atoms with Crippen LogP contribution in [-0.2, 0) is 14.4 Å². The number of hydrogen-bond donors (Lipinski definition) is 1. The standard InChI is InChI=1S/C23H30N4O5/c1-24-11-12-26(16-23(24)8-7-19(28)25(10-9-23)15-20(29)30)22(32)18-13-27(14-18)21(31)17-5-3-2-4-6-17/h2-6,18H,7-16H2,1H3,(H,29,30). The van der Waals surface area contributed by atoms with Crippen LogP contribution < -0.4 is 0 Å². The van der Waals surface area contributed by atoms with E-state index < -0.39 is 5.97 Å². The van der Waals surface area contributed by atoms with E-state index in [1.54, 1.807) is 17.0 Å². The van der Waals surface area contributed by atoms with Gasteiger partial charge in [0.1, 0.15) is 6.54 Å². The Balaban J connectivity index is 1.37. The molecule has 3 aliphatic rings. The second-order valence-electron chi connectivity index (χ2n) is 9.14. The van der Waals surface area contributed by atoms with Gasteiger partial charge in [0.15, 0.2) is 0 Å². The quantitative estimate of drug-likeness (QED) is 0.723. The summed E-state index contributed by atoms with van der Waals surface area (Å²) in [4.78, 5) is 56.5. The molecule has 0 aliphatic carbocycles. The number of nitrogens with zero attached hydrogens (tertiary/aromatic N) is 4. The molecule has 0 saturated carbocycles. The minimum Gasteiger partial charge on any atom is -0.480 e. The second-order valence-corrected chi connectivity index (χ2v) is 9.14. The van der Waals surface area contributed by atoms with E-state index in [9.17, 15) is 19.2 Å². The third kappa shape index (κ3) is 4.34. The van der Waals surface area contributed by atoms with E-state index in [1.165, 1.54) is 4.90 Å². The smallest absolute Gasteiger partial charge is 0.323 e. The number of aliphatic carboxylic acids is 1. The molecule has 1 N–H and O–H groups in total. The highest BCUT2D eigenvalue weighted by molar-refractivity contribution is 5.96. The van der Waals surface area contributed by atoms with Crippen LogP contribution in [0.25, 0.3) is 0 Å². The van der Waals surface area contributed by atoms with E-state index in [2.05, 4.69) is 4.90 Å². The lowest BCUT2D eigenvalue weighted by atomic mass is 9.85. The number of carboxylic acid groups (broad SMARTS) is 1. The lowest BCUT2D eigenvalue weighted by Gasteiger charge is -2.51. The number of benzene rings is 1. The first-order chi connectivity index (χ1) is 15.3. The van der Waals surface area contributed by atoms with Crippen LogP contribution in [-0.4, -0.2) is 107 Å². The third-order valence-corrected chi connectivity index (χ3v) is 7.18. The maximum atomic E-state index is 13.2. The van der Waals surface area contributed by atoms with Crippen molar-refractivity contribution in [1.29, 1.82) is 0 Å². The van der Waals surface area contributed by atoms with Gasteiger partial charge in [-0.1, -0.05) is 18.2 Å². The summed E-state index contributed by atoms with van der Waals surface area (Å²) in [7, 11) is 2.02. The minimum absolute atomic E-state index is 0.0506. The number of piperazine rings is 1. The number of hydrogen-bond acceptors (Lipinski definition) is 5. The van der Waals surface area contributed by atoms with Gasteiger partial charge in [-0.2, -0.15) is 0 Å². The predicted octanol–water partition coefficient (Wildman–Crippen LogP) is 0.369. The SMILES string of the molecule is CN1CCN(C(=O)C2CN(C(=O)c3ccccc3)C2)CC12CCC(=O)N(CC(=O)O)CC2. The van der Waals surface area contributed by atoms with Gasteiger partial charge in [0.25, 0.3) is 5.91 Å². The summed E-state index contributed by atoms with van der Waals surface area (Å²) in [6.07, 6.45) is 1.52. The lowest BCUT2D eigenvalue weighted by Crippen LogP contribution is -2.65. The summed E-state index contributed by atoms with van der Waals surface area (Å²) in [5.41, 5.74) is 0.297. The first kappa shape index (κ1) is 22.3. The Kier molecular flexibility index (Phi) is 6.19. The van der Waals surface area contributed by atoms with Crippen LogP contribution in [0.4, 0.5) is 0 Å². The van der Waals surface area contributed by atoms with Gasteiger partial charge in [0, 0.05) is 56.8 Å². The van der Waals surface area contributed by atoms with Gasteiger partial charge in [-0.3, -0.25) is 24.1 Å². The largest absolute Gasteiger partial charge is 0.480 e. The molecule has 1 unspecified atom stereocenters. The first-order valence-corrected chi connectivity index (χ1v) is 11.1. The maximum absolute atomic E-state index is 13.2. The number of carboxylic acids is 1. The highest BCUT2D eigenvalue weighted by atomic mass is 16.4. The van der Waals surface area contributed by atoms with Gasteiger partial charge in [-0.15, -0.1) is 0 Å². The Labute approximate surface area is 187 Å². The molecule has 0 radical (unpaired) electrons. The van der Waals surface area contributed by atoms with E-state index >= 15 is 0 Å². The Morgan fingerprint density at radius 2 is 1.75 bits per heavy atom. The van der Waals surface area contributed by atoms with E-state index in [-0.39, 0.29) is 42.1 Å². The zero-order valence-corrected chi connectivity index (χ0v) is 18.4. The van der Waals surface area contributed by atoms with Gasteiger partial charge in [-0.25, -0.2) is 0 Å². The van der Waals surface area contributed by atoms with E-state index in [0.29, 0.717) is 57.7 Å². The second kappa shape index (κ2) is 8.90. The Hall–Kier alpha value is -2.94. The monoisotopic (exact) mass is 442 g/mol. The van der Waals surface area contributed by atoms with Crippen molar-refractivity contribution in [3.63, 3.8) is 0 Å². The predicted molar refractivity (Wildman–Crippen MR) is 116 cm³/mol. The van der Waals surface area contributed by atoms with Crippen LogP contribution in [0.5, 0.6) is 0 Å². The Morgan fingerprint density at radius 3 is 2.44 bits per heavy atom. The number of likely N-dealkylation sites (N-methyl/N-ethyl adjacent to an activating group) is 1. The normalized spacial score (nSPS) is 24.9. The van der Waals surface area contributed by atoms with Crippen molar-refractivity contribution < 1.29 is 24.3 Å². The molecule has 1 aromatic rings. The molecule has 1 atom stereocenters. The molecule has 1 aromatic carbocycles. The van der Waals surface area contributed by atoms with Crippen LogP contribution in [0, 0.1) is 5.92 Å². The maximum Gasteiger partial charge on any atom is 0.323 e. The molecule has 32 heavy (non-hydrogen) atoms. The fourth-order valence-corrected chi connectivity index (χ4v) is 5.03. The number of rotatable bonds is 4. The van der Waals surface area contributed by atoms with Crippen molar-refractivity contribution in [2.45, 2.75) is 24.8 Å². The molecule has 9 heteroatoms. The molecule has 3 aliphatic heterocycles. The van der Waals surface area contributed by atoms with Crippen LogP contribution >= 0.6 is 0 Å². The topological polar surface area (TPSA) is 101 Å². The average Bonchev–Trinajstić information content (AvgIpc) is 2.89. The molecule has 9 nitrogen and oxygen atoms in total.